The molecule has 1 aromatic carbocycles. The van der Waals surface area contributed by atoms with E-state index in [1.54, 1.807) is 11.0 Å². The van der Waals surface area contributed by atoms with E-state index < -0.39 is 0 Å². The first kappa shape index (κ1) is 11.7. The molecule has 0 aliphatic heterocycles. The van der Waals surface area contributed by atoms with Crippen molar-refractivity contribution in [3.63, 3.8) is 0 Å². The lowest BCUT2D eigenvalue weighted by Gasteiger charge is -2.17. The van der Waals surface area contributed by atoms with Crippen LogP contribution in [0.5, 0.6) is 0 Å². The Labute approximate surface area is 105 Å². The number of halogens is 2. The zero-order valence-electron chi connectivity index (χ0n) is 9.04. The molecule has 0 aromatic heterocycles. The SMILES string of the molecule is CN(Cc1cc(Cl)cc(Cl)c1)C(=O)C1CC1. The molecule has 86 valence electrons. The lowest BCUT2D eigenvalue weighted by molar-refractivity contribution is -0.131. The summed E-state index contributed by atoms with van der Waals surface area (Å²) in [5.41, 5.74) is 0.967. The Morgan fingerprint density at radius 3 is 2.38 bits per heavy atom. The number of hydrogen-bond acceptors (Lipinski definition) is 1. The fraction of sp³-hybridized carbons (Fsp3) is 0.417. The number of amides is 1. The summed E-state index contributed by atoms with van der Waals surface area (Å²) in [5, 5.41) is 1.21. The van der Waals surface area contributed by atoms with Crippen molar-refractivity contribution in [1.29, 1.82) is 0 Å². The van der Waals surface area contributed by atoms with Crippen LogP contribution in [0.4, 0.5) is 0 Å². The van der Waals surface area contributed by atoms with Crippen molar-refractivity contribution in [1.82, 2.24) is 4.90 Å². The molecule has 1 aliphatic rings. The molecule has 1 amide bonds. The van der Waals surface area contributed by atoms with Crippen LogP contribution in [-0.4, -0.2) is 17.9 Å². The van der Waals surface area contributed by atoms with Gasteiger partial charge in [-0.05, 0) is 36.6 Å². The van der Waals surface area contributed by atoms with Crippen molar-refractivity contribution in [2.75, 3.05) is 7.05 Å². The van der Waals surface area contributed by atoms with E-state index in [0.29, 0.717) is 16.6 Å². The van der Waals surface area contributed by atoms with Gasteiger partial charge in [-0.3, -0.25) is 4.79 Å². The average molecular weight is 258 g/mol. The number of rotatable bonds is 3. The fourth-order valence-corrected chi connectivity index (χ4v) is 2.27. The molecule has 1 saturated carbocycles. The summed E-state index contributed by atoms with van der Waals surface area (Å²) in [6, 6.07) is 5.36. The molecule has 1 aliphatic carbocycles. The second-order valence-electron chi connectivity index (χ2n) is 4.25. The summed E-state index contributed by atoms with van der Waals surface area (Å²) >= 11 is 11.8. The smallest absolute Gasteiger partial charge is 0.225 e. The van der Waals surface area contributed by atoms with Crippen molar-refractivity contribution in [3.8, 4) is 0 Å². The molecule has 1 aromatic rings. The number of carbonyl (C=O) groups is 1. The van der Waals surface area contributed by atoms with Gasteiger partial charge in [0.05, 0.1) is 0 Å². The van der Waals surface area contributed by atoms with Crippen LogP contribution in [0.2, 0.25) is 10.0 Å². The first-order valence-corrected chi connectivity index (χ1v) is 6.02. The first-order chi connectivity index (χ1) is 7.56. The molecular weight excluding hydrogens is 245 g/mol. The summed E-state index contributed by atoms with van der Waals surface area (Å²) < 4.78 is 0. The van der Waals surface area contributed by atoms with E-state index in [4.69, 9.17) is 23.2 Å². The molecule has 2 rings (SSSR count). The minimum atomic E-state index is 0.219. The summed E-state index contributed by atoms with van der Waals surface area (Å²) in [5.74, 6) is 0.468. The van der Waals surface area contributed by atoms with E-state index in [1.165, 1.54) is 0 Å². The van der Waals surface area contributed by atoms with Gasteiger partial charge in [0.25, 0.3) is 0 Å². The van der Waals surface area contributed by atoms with Crippen LogP contribution in [0.15, 0.2) is 18.2 Å². The maximum absolute atomic E-state index is 11.7. The van der Waals surface area contributed by atoms with Gasteiger partial charge < -0.3 is 4.90 Å². The Morgan fingerprint density at radius 1 is 1.31 bits per heavy atom. The predicted octanol–water partition coefficient (Wildman–Crippen LogP) is 3.36. The molecule has 0 spiro atoms. The van der Waals surface area contributed by atoms with Gasteiger partial charge in [-0.15, -0.1) is 0 Å². The van der Waals surface area contributed by atoms with Gasteiger partial charge >= 0.3 is 0 Å². The van der Waals surface area contributed by atoms with E-state index >= 15 is 0 Å². The van der Waals surface area contributed by atoms with E-state index in [1.807, 2.05) is 19.2 Å². The minimum absolute atomic E-state index is 0.219. The molecule has 0 unspecified atom stereocenters. The fourth-order valence-electron chi connectivity index (χ4n) is 1.70. The zero-order chi connectivity index (χ0) is 11.7. The lowest BCUT2D eigenvalue weighted by Crippen LogP contribution is -2.27. The van der Waals surface area contributed by atoms with Crippen molar-refractivity contribution >= 4 is 29.1 Å². The molecule has 1 fully saturated rings. The van der Waals surface area contributed by atoms with Gasteiger partial charge in [-0.25, -0.2) is 0 Å². The van der Waals surface area contributed by atoms with Crippen LogP contribution in [0.1, 0.15) is 18.4 Å². The Hall–Kier alpha value is -0.730. The van der Waals surface area contributed by atoms with E-state index in [0.717, 1.165) is 18.4 Å². The molecule has 2 nitrogen and oxygen atoms in total. The van der Waals surface area contributed by atoms with Crippen molar-refractivity contribution in [2.24, 2.45) is 5.92 Å². The molecule has 0 N–H and O–H groups in total. The van der Waals surface area contributed by atoms with Crippen LogP contribution in [0.3, 0.4) is 0 Å². The lowest BCUT2D eigenvalue weighted by atomic mass is 10.2. The van der Waals surface area contributed by atoms with Crippen LogP contribution < -0.4 is 0 Å². The van der Waals surface area contributed by atoms with Gasteiger partial charge in [-0.1, -0.05) is 23.2 Å². The van der Waals surface area contributed by atoms with Gasteiger partial charge in [-0.2, -0.15) is 0 Å². The average Bonchev–Trinajstić information content (AvgIpc) is 2.97. The third kappa shape index (κ3) is 2.89. The number of carbonyl (C=O) groups excluding carboxylic acids is 1. The molecule has 0 radical (unpaired) electrons. The Balaban J connectivity index is 2.04. The van der Waals surface area contributed by atoms with Crippen LogP contribution >= 0.6 is 23.2 Å². The topological polar surface area (TPSA) is 20.3 Å². The zero-order valence-corrected chi connectivity index (χ0v) is 10.6. The standard InChI is InChI=1S/C12H13Cl2NO/c1-15(12(16)9-2-3-9)7-8-4-10(13)6-11(14)5-8/h4-6,9H,2-3,7H2,1H3. The Kier molecular flexibility index (Phi) is 3.41. The van der Waals surface area contributed by atoms with Gasteiger partial charge in [0.15, 0.2) is 0 Å². The summed E-state index contributed by atoms with van der Waals surface area (Å²) in [6.07, 6.45) is 2.05. The summed E-state index contributed by atoms with van der Waals surface area (Å²) in [6.45, 7) is 0.565. The Bertz CT molecular complexity index is 395. The maximum atomic E-state index is 11.7. The molecule has 0 bridgehead atoms. The molecular formula is C12H13Cl2NO. The van der Waals surface area contributed by atoms with Crippen LogP contribution in [-0.2, 0) is 11.3 Å². The van der Waals surface area contributed by atoms with Gasteiger partial charge in [0.2, 0.25) is 5.91 Å². The van der Waals surface area contributed by atoms with E-state index in [-0.39, 0.29) is 11.8 Å². The minimum Gasteiger partial charge on any atom is -0.341 e. The van der Waals surface area contributed by atoms with Crippen molar-refractivity contribution < 1.29 is 4.79 Å². The molecule has 0 saturated heterocycles. The maximum Gasteiger partial charge on any atom is 0.225 e. The second kappa shape index (κ2) is 4.64. The summed E-state index contributed by atoms with van der Waals surface area (Å²) in [4.78, 5) is 13.5. The molecule has 16 heavy (non-hydrogen) atoms. The molecule has 4 heteroatoms. The quantitative estimate of drug-likeness (QED) is 0.814. The van der Waals surface area contributed by atoms with Crippen molar-refractivity contribution in [2.45, 2.75) is 19.4 Å². The van der Waals surface area contributed by atoms with Crippen LogP contribution in [0, 0.1) is 5.92 Å². The molecule has 0 heterocycles. The highest BCUT2D eigenvalue weighted by Gasteiger charge is 2.31. The van der Waals surface area contributed by atoms with Crippen LogP contribution in [0.25, 0.3) is 0 Å². The highest BCUT2D eigenvalue weighted by atomic mass is 35.5. The molecule has 0 atom stereocenters. The normalized spacial score (nSPS) is 14.9. The number of hydrogen-bond donors (Lipinski definition) is 0. The third-order valence-corrected chi connectivity index (χ3v) is 3.08. The second-order valence-corrected chi connectivity index (χ2v) is 5.12. The Morgan fingerprint density at radius 2 is 1.88 bits per heavy atom. The number of benzene rings is 1. The third-order valence-electron chi connectivity index (χ3n) is 2.64. The van der Waals surface area contributed by atoms with Gasteiger partial charge in [0, 0.05) is 29.6 Å². The highest BCUT2D eigenvalue weighted by molar-refractivity contribution is 6.34. The summed E-state index contributed by atoms with van der Waals surface area (Å²) in [7, 11) is 1.81. The first-order valence-electron chi connectivity index (χ1n) is 5.26. The predicted molar refractivity (Wildman–Crippen MR) is 65.7 cm³/mol. The van der Waals surface area contributed by atoms with E-state index in [2.05, 4.69) is 0 Å². The largest absolute Gasteiger partial charge is 0.341 e. The van der Waals surface area contributed by atoms with Crippen molar-refractivity contribution in [3.05, 3.63) is 33.8 Å². The monoisotopic (exact) mass is 257 g/mol. The highest BCUT2D eigenvalue weighted by Crippen LogP contribution is 2.31. The van der Waals surface area contributed by atoms with E-state index in [9.17, 15) is 4.79 Å². The number of nitrogens with zero attached hydrogens (tertiary/aromatic N) is 1. The van der Waals surface area contributed by atoms with Gasteiger partial charge in [0.1, 0.15) is 0 Å².